The Morgan fingerprint density at radius 1 is 1.00 bits per heavy atom. The van der Waals surface area contributed by atoms with E-state index in [-0.39, 0.29) is 4.90 Å². The van der Waals surface area contributed by atoms with Crippen LogP contribution in [0.4, 0.5) is 0 Å². The summed E-state index contributed by atoms with van der Waals surface area (Å²) in [7, 11) is -3.48. The van der Waals surface area contributed by atoms with Crippen molar-refractivity contribution in [2.45, 2.75) is 18.7 Å². The highest BCUT2D eigenvalue weighted by molar-refractivity contribution is 7.89. The molecule has 0 aliphatic heterocycles. The zero-order valence-electron chi connectivity index (χ0n) is 13.4. The van der Waals surface area contributed by atoms with Gasteiger partial charge in [-0.15, -0.1) is 0 Å². The molecular weight excluding hydrogens is 312 g/mol. The molecule has 2 aromatic carbocycles. The maximum atomic E-state index is 12.1. The molecule has 0 aliphatic carbocycles. The second-order valence-corrected chi connectivity index (χ2v) is 6.91. The smallest absolute Gasteiger partial charge is 0.240 e. The van der Waals surface area contributed by atoms with Gasteiger partial charge in [0.1, 0.15) is 11.5 Å². The van der Waals surface area contributed by atoms with Crippen molar-refractivity contribution < 1.29 is 13.2 Å². The number of hydrogen-bond donors (Lipinski definition) is 2. The number of sulfonamides is 1. The SMILES string of the molecule is CCNCCNS(=O)(=O)c1ccc(Oc2cccc(C)c2)cc1. The number of rotatable bonds is 8. The zero-order valence-corrected chi connectivity index (χ0v) is 14.2. The standard InChI is InChI=1S/C17H22N2O3S/c1-3-18-11-12-19-23(20,21)17-9-7-15(8-10-17)22-16-6-4-5-14(2)13-16/h4-10,13,18-19H,3,11-12H2,1-2H3. The van der Waals surface area contributed by atoms with Crippen molar-refractivity contribution in [1.82, 2.24) is 10.0 Å². The average molecular weight is 334 g/mol. The third-order valence-electron chi connectivity index (χ3n) is 3.20. The Kier molecular flexibility index (Phi) is 6.15. The molecule has 0 saturated carbocycles. The van der Waals surface area contributed by atoms with E-state index >= 15 is 0 Å². The third-order valence-corrected chi connectivity index (χ3v) is 4.68. The topological polar surface area (TPSA) is 67.4 Å². The number of benzene rings is 2. The summed E-state index contributed by atoms with van der Waals surface area (Å²) in [6.45, 7) is 5.73. The number of ether oxygens (including phenoxy) is 1. The fraction of sp³-hybridized carbons (Fsp3) is 0.294. The first-order valence-electron chi connectivity index (χ1n) is 7.56. The van der Waals surface area contributed by atoms with Crippen LogP contribution in [0.15, 0.2) is 53.4 Å². The molecule has 23 heavy (non-hydrogen) atoms. The van der Waals surface area contributed by atoms with Crippen molar-refractivity contribution in [3.05, 3.63) is 54.1 Å². The van der Waals surface area contributed by atoms with Gasteiger partial charge in [-0.2, -0.15) is 0 Å². The van der Waals surface area contributed by atoms with E-state index in [4.69, 9.17) is 4.74 Å². The van der Waals surface area contributed by atoms with E-state index < -0.39 is 10.0 Å². The lowest BCUT2D eigenvalue weighted by molar-refractivity contribution is 0.481. The van der Waals surface area contributed by atoms with E-state index in [1.807, 2.05) is 38.1 Å². The quantitative estimate of drug-likeness (QED) is 0.728. The van der Waals surface area contributed by atoms with E-state index in [1.54, 1.807) is 24.3 Å². The lowest BCUT2D eigenvalue weighted by atomic mass is 10.2. The van der Waals surface area contributed by atoms with Gasteiger partial charge in [-0.3, -0.25) is 0 Å². The first kappa shape index (κ1) is 17.5. The number of likely N-dealkylation sites (N-methyl/N-ethyl adjacent to an activating group) is 1. The van der Waals surface area contributed by atoms with E-state index in [2.05, 4.69) is 10.0 Å². The van der Waals surface area contributed by atoms with Crippen molar-refractivity contribution in [1.29, 1.82) is 0 Å². The Morgan fingerprint density at radius 2 is 1.74 bits per heavy atom. The van der Waals surface area contributed by atoms with Crippen LogP contribution in [0.1, 0.15) is 12.5 Å². The van der Waals surface area contributed by atoms with Crippen LogP contribution in [-0.2, 0) is 10.0 Å². The molecule has 0 heterocycles. The van der Waals surface area contributed by atoms with Crippen LogP contribution < -0.4 is 14.8 Å². The van der Waals surface area contributed by atoms with E-state index in [9.17, 15) is 8.42 Å². The molecule has 124 valence electrons. The maximum absolute atomic E-state index is 12.1. The van der Waals surface area contributed by atoms with Gasteiger partial charge in [0.2, 0.25) is 10.0 Å². The molecule has 0 amide bonds. The molecule has 0 spiro atoms. The van der Waals surface area contributed by atoms with Gasteiger partial charge in [-0.25, -0.2) is 13.1 Å². The van der Waals surface area contributed by atoms with Crippen LogP contribution in [0.25, 0.3) is 0 Å². The van der Waals surface area contributed by atoms with Gasteiger partial charge in [0.25, 0.3) is 0 Å². The van der Waals surface area contributed by atoms with Crippen LogP contribution >= 0.6 is 0 Å². The van der Waals surface area contributed by atoms with Crippen molar-refractivity contribution in [3.63, 3.8) is 0 Å². The monoisotopic (exact) mass is 334 g/mol. The number of nitrogens with one attached hydrogen (secondary N) is 2. The summed E-state index contributed by atoms with van der Waals surface area (Å²) in [6, 6.07) is 14.1. The fourth-order valence-electron chi connectivity index (χ4n) is 2.04. The maximum Gasteiger partial charge on any atom is 0.240 e. The number of aryl methyl sites for hydroxylation is 1. The summed E-state index contributed by atoms with van der Waals surface area (Å²) in [4.78, 5) is 0.227. The highest BCUT2D eigenvalue weighted by atomic mass is 32.2. The molecule has 5 nitrogen and oxygen atoms in total. The van der Waals surface area contributed by atoms with Crippen molar-refractivity contribution in [2.24, 2.45) is 0 Å². The van der Waals surface area contributed by atoms with E-state index in [0.29, 0.717) is 18.8 Å². The second kappa shape index (κ2) is 8.10. The summed E-state index contributed by atoms with van der Waals surface area (Å²) in [5.41, 5.74) is 1.10. The van der Waals surface area contributed by atoms with Gasteiger partial charge in [-0.05, 0) is 55.4 Å². The molecule has 0 bridgehead atoms. The summed E-state index contributed by atoms with van der Waals surface area (Å²) in [5, 5.41) is 3.07. The largest absolute Gasteiger partial charge is 0.457 e. The van der Waals surface area contributed by atoms with Crippen LogP contribution in [0.5, 0.6) is 11.5 Å². The predicted molar refractivity (Wildman–Crippen MR) is 91.4 cm³/mol. The first-order valence-corrected chi connectivity index (χ1v) is 9.04. The Labute approximate surface area is 137 Å². The molecular formula is C17H22N2O3S. The third kappa shape index (κ3) is 5.35. The molecule has 2 aromatic rings. The van der Waals surface area contributed by atoms with Crippen LogP contribution in [0, 0.1) is 6.92 Å². The Hall–Kier alpha value is -1.89. The lowest BCUT2D eigenvalue weighted by Gasteiger charge is -2.09. The zero-order chi connectivity index (χ0) is 16.7. The Balaban J connectivity index is 2.01. The minimum Gasteiger partial charge on any atom is -0.457 e. The highest BCUT2D eigenvalue weighted by Crippen LogP contribution is 2.23. The van der Waals surface area contributed by atoms with Gasteiger partial charge in [0, 0.05) is 13.1 Å². The number of hydrogen-bond acceptors (Lipinski definition) is 4. The van der Waals surface area contributed by atoms with Gasteiger partial charge < -0.3 is 10.1 Å². The van der Waals surface area contributed by atoms with Gasteiger partial charge in [-0.1, -0.05) is 19.1 Å². The van der Waals surface area contributed by atoms with Gasteiger partial charge in [0.15, 0.2) is 0 Å². The summed E-state index contributed by atoms with van der Waals surface area (Å²) in [6.07, 6.45) is 0. The molecule has 0 aromatic heterocycles. The average Bonchev–Trinajstić information content (AvgIpc) is 2.52. The summed E-state index contributed by atoms with van der Waals surface area (Å²) in [5.74, 6) is 1.33. The molecule has 2 N–H and O–H groups in total. The molecule has 0 atom stereocenters. The van der Waals surface area contributed by atoms with Crippen LogP contribution in [0.2, 0.25) is 0 Å². The minimum absolute atomic E-state index is 0.227. The van der Waals surface area contributed by atoms with Crippen molar-refractivity contribution in [3.8, 4) is 11.5 Å². The van der Waals surface area contributed by atoms with E-state index in [1.165, 1.54) is 0 Å². The highest BCUT2D eigenvalue weighted by Gasteiger charge is 2.13. The fourth-order valence-corrected chi connectivity index (χ4v) is 3.07. The van der Waals surface area contributed by atoms with Gasteiger partial charge in [0.05, 0.1) is 4.90 Å². The molecule has 6 heteroatoms. The lowest BCUT2D eigenvalue weighted by Crippen LogP contribution is -2.31. The molecule has 0 radical (unpaired) electrons. The molecule has 0 saturated heterocycles. The summed E-state index contributed by atoms with van der Waals surface area (Å²) >= 11 is 0. The predicted octanol–water partition coefficient (Wildman–Crippen LogP) is 2.68. The van der Waals surface area contributed by atoms with Crippen LogP contribution in [0.3, 0.4) is 0 Å². The minimum atomic E-state index is -3.48. The normalized spacial score (nSPS) is 11.4. The molecule has 0 unspecified atom stereocenters. The first-order chi connectivity index (χ1) is 11.0. The Morgan fingerprint density at radius 3 is 2.39 bits per heavy atom. The van der Waals surface area contributed by atoms with Crippen LogP contribution in [-0.4, -0.2) is 28.1 Å². The van der Waals surface area contributed by atoms with Crippen molar-refractivity contribution in [2.75, 3.05) is 19.6 Å². The van der Waals surface area contributed by atoms with Crippen molar-refractivity contribution >= 4 is 10.0 Å². The second-order valence-electron chi connectivity index (χ2n) is 5.14. The molecule has 0 fully saturated rings. The van der Waals surface area contributed by atoms with E-state index in [0.717, 1.165) is 17.9 Å². The Bertz CT molecular complexity index is 728. The summed E-state index contributed by atoms with van der Waals surface area (Å²) < 4.78 is 32.5. The molecule has 0 aliphatic rings. The molecule has 2 rings (SSSR count). The van der Waals surface area contributed by atoms with Gasteiger partial charge >= 0.3 is 0 Å².